The van der Waals surface area contributed by atoms with Gasteiger partial charge in [-0.3, -0.25) is 19.0 Å². The van der Waals surface area contributed by atoms with Gasteiger partial charge in [0, 0.05) is 49.9 Å². The maximum atomic E-state index is 15.1. The van der Waals surface area contributed by atoms with Gasteiger partial charge in [0.05, 0.1) is 11.6 Å². The molecule has 3 aromatic rings. The van der Waals surface area contributed by atoms with Crippen molar-refractivity contribution in [3.8, 4) is 0 Å². The highest BCUT2D eigenvalue weighted by Gasteiger charge is 2.26. The Balaban J connectivity index is 1.50. The quantitative estimate of drug-likeness (QED) is 0.476. The van der Waals surface area contributed by atoms with Crippen molar-refractivity contribution in [1.82, 2.24) is 24.3 Å². The van der Waals surface area contributed by atoms with Gasteiger partial charge < -0.3 is 15.1 Å². The minimum absolute atomic E-state index is 0.0157. The molecule has 4 rings (SSSR count). The lowest BCUT2D eigenvalue weighted by molar-refractivity contribution is -0.127. The van der Waals surface area contributed by atoms with E-state index in [1.54, 1.807) is 32.7 Å². The van der Waals surface area contributed by atoms with Gasteiger partial charge in [-0.1, -0.05) is 26.5 Å². The third-order valence-electron chi connectivity index (χ3n) is 7.16. The van der Waals surface area contributed by atoms with Crippen LogP contribution in [-0.2, 0) is 4.79 Å². The molecule has 2 amide bonds. The number of aromatic nitrogens is 3. The summed E-state index contributed by atoms with van der Waals surface area (Å²) in [4.78, 5) is 49.5. The van der Waals surface area contributed by atoms with E-state index in [9.17, 15) is 14.4 Å². The zero-order chi connectivity index (χ0) is 27.6. The van der Waals surface area contributed by atoms with E-state index in [0.717, 1.165) is 5.39 Å². The first-order chi connectivity index (χ1) is 18.1. The van der Waals surface area contributed by atoms with Crippen LogP contribution < -0.4 is 10.9 Å². The molecule has 2 unspecified atom stereocenters. The number of nitrogens with zero attached hydrogens (tertiary/aromatic N) is 5. The molecule has 1 aromatic carbocycles. The number of amides is 2. The lowest BCUT2D eigenvalue weighted by Gasteiger charge is -2.34. The number of benzene rings is 1. The van der Waals surface area contributed by atoms with Crippen LogP contribution in [0.5, 0.6) is 0 Å². The fourth-order valence-electron chi connectivity index (χ4n) is 4.48. The summed E-state index contributed by atoms with van der Waals surface area (Å²) in [6.45, 7) is 12.8. The Morgan fingerprint density at radius 1 is 1.05 bits per heavy atom. The Hall–Kier alpha value is -4.08. The van der Waals surface area contributed by atoms with Gasteiger partial charge in [0.25, 0.3) is 11.5 Å². The molecular weight excluding hydrogens is 487 g/mol. The first kappa shape index (κ1) is 27.0. The summed E-state index contributed by atoms with van der Waals surface area (Å²) in [6.07, 6.45) is 2.91. The number of pyridine rings is 1. The predicted octanol–water partition coefficient (Wildman–Crippen LogP) is 3.79. The summed E-state index contributed by atoms with van der Waals surface area (Å²) in [6, 6.07) is 7.31. The van der Waals surface area contributed by atoms with Crippen LogP contribution in [0.2, 0.25) is 0 Å². The lowest BCUT2D eigenvalue weighted by atomic mass is 10.0. The van der Waals surface area contributed by atoms with Gasteiger partial charge in [0.2, 0.25) is 11.9 Å². The number of fused-ring (bicyclic) bond motifs is 1. The van der Waals surface area contributed by atoms with Crippen molar-refractivity contribution in [2.45, 2.75) is 39.8 Å². The number of piperazine rings is 1. The van der Waals surface area contributed by atoms with Crippen molar-refractivity contribution in [2.75, 3.05) is 31.5 Å². The van der Waals surface area contributed by atoms with Crippen LogP contribution in [0.3, 0.4) is 0 Å². The molecule has 200 valence electrons. The third-order valence-corrected chi connectivity index (χ3v) is 7.16. The third kappa shape index (κ3) is 5.44. The van der Waals surface area contributed by atoms with Gasteiger partial charge in [0.15, 0.2) is 0 Å². The van der Waals surface area contributed by atoms with Crippen LogP contribution in [0, 0.1) is 11.7 Å². The van der Waals surface area contributed by atoms with Gasteiger partial charge >= 0.3 is 0 Å². The van der Waals surface area contributed by atoms with Crippen LogP contribution in [0.4, 0.5) is 10.3 Å². The SMILES string of the molecule is C=CC(=O)N1CCN(C(=O)c2ccc(C(C)Nc3ncc4ccc(=O)n(C(C)C(C)C)c4n3)cc2F)CC1. The van der Waals surface area contributed by atoms with Crippen LogP contribution in [0.25, 0.3) is 11.0 Å². The highest BCUT2D eigenvalue weighted by atomic mass is 19.1. The molecule has 38 heavy (non-hydrogen) atoms. The van der Waals surface area contributed by atoms with Crippen LogP contribution >= 0.6 is 0 Å². The van der Waals surface area contributed by atoms with E-state index in [2.05, 4.69) is 21.9 Å². The summed E-state index contributed by atoms with van der Waals surface area (Å²) in [5.74, 6) is -0.665. The van der Waals surface area contributed by atoms with E-state index in [1.165, 1.54) is 24.3 Å². The van der Waals surface area contributed by atoms with Gasteiger partial charge in [-0.15, -0.1) is 0 Å². The Bertz CT molecular complexity index is 1430. The second kappa shape index (κ2) is 11.1. The zero-order valence-electron chi connectivity index (χ0n) is 22.1. The van der Waals surface area contributed by atoms with Crippen molar-refractivity contribution < 1.29 is 14.0 Å². The predicted molar refractivity (Wildman–Crippen MR) is 144 cm³/mol. The Kier molecular flexibility index (Phi) is 7.89. The zero-order valence-corrected chi connectivity index (χ0v) is 22.1. The van der Waals surface area contributed by atoms with Crippen LogP contribution in [-0.4, -0.2) is 62.3 Å². The molecule has 0 bridgehead atoms. The van der Waals surface area contributed by atoms with Crippen molar-refractivity contribution in [3.63, 3.8) is 0 Å². The van der Waals surface area contributed by atoms with Crippen molar-refractivity contribution in [1.29, 1.82) is 0 Å². The maximum Gasteiger partial charge on any atom is 0.256 e. The van der Waals surface area contributed by atoms with Crippen LogP contribution in [0.1, 0.15) is 55.7 Å². The number of anilines is 1. The summed E-state index contributed by atoms with van der Waals surface area (Å²) in [5.41, 5.74) is 1.00. The van der Waals surface area contributed by atoms with E-state index in [0.29, 0.717) is 43.3 Å². The molecule has 1 fully saturated rings. The highest BCUT2D eigenvalue weighted by molar-refractivity contribution is 5.95. The molecule has 2 atom stereocenters. The molecule has 2 aromatic heterocycles. The Morgan fingerprint density at radius 2 is 1.74 bits per heavy atom. The van der Waals surface area contributed by atoms with Crippen molar-refractivity contribution in [2.24, 2.45) is 5.92 Å². The molecule has 0 saturated carbocycles. The van der Waals surface area contributed by atoms with Crippen molar-refractivity contribution >= 4 is 28.8 Å². The lowest BCUT2D eigenvalue weighted by Crippen LogP contribution is -2.50. The van der Waals surface area contributed by atoms with E-state index < -0.39 is 11.7 Å². The number of halogens is 1. The molecule has 1 N–H and O–H groups in total. The smallest absolute Gasteiger partial charge is 0.256 e. The van der Waals surface area contributed by atoms with E-state index in [-0.39, 0.29) is 35.0 Å². The number of nitrogens with one attached hydrogen (secondary N) is 1. The summed E-state index contributed by atoms with van der Waals surface area (Å²) in [7, 11) is 0. The Labute approximate surface area is 221 Å². The topological polar surface area (TPSA) is 100 Å². The largest absolute Gasteiger partial charge is 0.348 e. The van der Waals surface area contributed by atoms with E-state index in [1.807, 2.05) is 27.7 Å². The van der Waals surface area contributed by atoms with Gasteiger partial charge in [-0.25, -0.2) is 9.37 Å². The molecule has 1 aliphatic rings. The highest BCUT2D eigenvalue weighted by Crippen LogP contribution is 2.24. The molecule has 10 heteroatoms. The normalized spacial score (nSPS) is 15.4. The molecular formula is C28H33FN6O3. The first-order valence-electron chi connectivity index (χ1n) is 12.8. The monoisotopic (exact) mass is 520 g/mol. The number of hydrogen-bond donors (Lipinski definition) is 1. The number of rotatable bonds is 7. The van der Waals surface area contributed by atoms with Crippen LogP contribution in [0.15, 0.2) is 54.0 Å². The fraction of sp³-hybridized carbons (Fsp3) is 0.393. The van der Waals surface area contributed by atoms with Crippen molar-refractivity contribution in [3.05, 3.63) is 76.5 Å². The van der Waals surface area contributed by atoms with Gasteiger partial charge in [-0.05, 0) is 49.6 Å². The van der Waals surface area contributed by atoms with E-state index in [4.69, 9.17) is 0 Å². The standard InChI is InChI=1S/C28H33FN6O3/c1-6-24(36)33-11-13-34(14-12-33)27(38)22-9-7-20(15-23(22)29)18(4)31-28-30-16-21-8-10-25(37)35(26(21)32-28)19(5)17(2)3/h6-10,15-19H,1,11-14H2,2-5H3,(H,30,31,32). The fourth-order valence-corrected chi connectivity index (χ4v) is 4.48. The first-order valence-corrected chi connectivity index (χ1v) is 12.8. The molecule has 3 heterocycles. The number of hydrogen-bond acceptors (Lipinski definition) is 6. The number of carbonyl (C=O) groups excluding carboxylic acids is 2. The molecule has 0 spiro atoms. The van der Waals surface area contributed by atoms with E-state index >= 15 is 4.39 Å². The number of carbonyl (C=O) groups is 2. The average molecular weight is 521 g/mol. The second-order valence-electron chi connectivity index (χ2n) is 9.93. The maximum absolute atomic E-state index is 15.1. The second-order valence-corrected chi connectivity index (χ2v) is 9.93. The van der Waals surface area contributed by atoms with Gasteiger partial charge in [-0.2, -0.15) is 4.98 Å². The minimum atomic E-state index is -0.621. The summed E-state index contributed by atoms with van der Waals surface area (Å²) in [5, 5.41) is 3.93. The summed E-state index contributed by atoms with van der Waals surface area (Å²) >= 11 is 0. The molecule has 1 saturated heterocycles. The average Bonchev–Trinajstić information content (AvgIpc) is 2.91. The molecule has 0 aliphatic carbocycles. The molecule has 9 nitrogen and oxygen atoms in total. The van der Waals surface area contributed by atoms with Gasteiger partial charge in [0.1, 0.15) is 11.5 Å². The minimum Gasteiger partial charge on any atom is -0.348 e. The molecule has 0 radical (unpaired) electrons. The molecule has 1 aliphatic heterocycles. The summed E-state index contributed by atoms with van der Waals surface area (Å²) < 4.78 is 16.7. The Morgan fingerprint density at radius 3 is 2.37 bits per heavy atom.